The number of sulfonamides is 1. The van der Waals surface area contributed by atoms with Gasteiger partial charge in [-0.05, 0) is 77.2 Å². The maximum Gasteiger partial charge on any atom is 0.407 e. The van der Waals surface area contributed by atoms with E-state index >= 15 is 0 Å². The molecule has 0 amide bonds. The molecule has 3 aromatic carbocycles. The average molecular weight is 599 g/mol. The fraction of sp³-hybridized carbons (Fsp3) is 0.241. The molecule has 0 spiro atoms. The molecule has 3 unspecified atom stereocenters. The van der Waals surface area contributed by atoms with E-state index in [1.54, 1.807) is 41.1 Å². The van der Waals surface area contributed by atoms with Crippen molar-refractivity contribution in [1.82, 2.24) is 14.8 Å². The van der Waals surface area contributed by atoms with Crippen LogP contribution in [0.15, 0.2) is 85.5 Å². The van der Waals surface area contributed by atoms with Crippen LogP contribution >= 0.6 is 0 Å². The summed E-state index contributed by atoms with van der Waals surface area (Å²) in [6.07, 6.45) is -3.61. The summed E-state index contributed by atoms with van der Waals surface area (Å²) in [7, 11) is -3.18. The number of phenols is 1. The monoisotopic (exact) mass is 598 g/mol. The highest BCUT2D eigenvalue weighted by Crippen LogP contribution is 2.51. The van der Waals surface area contributed by atoms with Gasteiger partial charge in [-0.25, -0.2) is 18.1 Å². The predicted octanol–water partition coefficient (Wildman–Crippen LogP) is 4.83. The smallest absolute Gasteiger partial charge is 0.407 e. The number of aromatic nitrogens is 3. The van der Waals surface area contributed by atoms with Crippen molar-refractivity contribution >= 4 is 26.9 Å². The number of hydrogen-bond acceptors (Lipinski definition) is 7. The molecule has 2 aliphatic rings. The fourth-order valence-corrected chi connectivity index (χ4v) is 7.54. The van der Waals surface area contributed by atoms with E-state index in [0.29, 0.717) is 32.4 Å². The van der Waals surface area contributed by atoms with E-state index in [-0.39, 0.29) is 17.9 Å². The molecule has 42 heavy (non-hydrogen) atoms. The minimum Gasteiger partial charge on any atom is -0.508 e. The van der Waals surface area contributed by atoms with Crippen LogP contribution in [0, 0.1) is 0 Å². The highest BCUT2D eigenvalue weighted by atomic mass is 32.2. The van der Waals surface area contributed by atoms with Crippen LogP contribution in [0.2, 0.25) is 0 Å². The molecular weight excluding hydrogens is 573 g/mol. The van der Waals surface area contributed by atoms with Crippen LogP contribution in [-0.4, -0.2) is 65.6 Å². The lowest BCUT2D eigenvalue weighted by atomic mass is 9.83. The van der Waals surface area contributed by atoms with Gasteiger partial charge in [0.1, 0.15) is 42.1 Å². The Hall–Kier alpha value is -4.36. The summed E-state index contributed by atoms with van der Waals surface area (Å²) < 4.78 is 82.7. The molecule has 2 bridgehead atoms. The standard InChI is InChI=1S/C29H25F3N4O5S/c1-40-23-12-8-21(9-13-23)36(15-29(30,31)32)42(38,39)25-14-24-26(18-4-10-22(37)11-5-18)27(28(25)41-24)19-2-6-20(7-3-19)35-17-33-16-34-35/h2-13,16-17,24-25,28,37H,14-15H2,1H3. The lowest BCUT2D eigenvalue weighted by molar-refractivity contribution is -0.117. The molecule has 4 aromatic rings. The Morgan fingerprint density at radius 3 is 2.24 bits per heavy atom. The maximum absolute atomic E-state index is 14.1. The first-order valence-corrected chi connectivity index (χ1v) is 14.4. The van der Waals surface area contributed by atoms with Crippen molar-refractivity contribution in [3.05, 3.63) is 96.6 Å². The molecule has 2 aliphatic heterocycles. The number of hydrogen-bond donors (Lipinski definition) is 1. The number of fused-ring (bicyclic) bond motifs is 2. The molecular formula is C29H25F3N4O5S. The lowest BCUT2D eigenvalue weighted by Gasteiger charge is -2.32. The number of anilines is 1. The van der Waals surface area contributed by atoms with E-state index in [4.69, 9.17) is 9.47 Å². The van der Waals surface area contributed by atoms with Gasteiger partial charge in [0.2, 0.25) is 10.0 Å². The van der Waals surface area contributed by atoms with Crippen molar-refractivity contribution in [2.24, 2.45) is 0 Å². The quantitative estimate of drug-likeness (QED) is 0.310. The number of aromatic hydroxyl groups is 1. The molecule has 3 atom stereocenters. The van der Waals surface area contributed by atoms with Crippen LogP contribution in [0.1, 0.15) is 17.5 Å². The second-order valence-corrected chi connectivity index (χ2v) is 12.0. The Morgan fingerprint density at radius 2 is 1.64 bits per heavy atom. The summed E-state index contributed by atoms with van der Waals surface area (Å²) in [5, 5.41) is 12.7. The zero-order chi connectivity index (χ0) is 29.6. The molecule has 9 nitrogen and oxygen atoms in total. The maximum atomic E-state index is 14.1. The third-order valence-electron chi connectivity index (χ3n) is 7.40. The fourth-order valence-electron chi connectivity index (χ4n) is 5.54. The van der Waals surface area contributed by atoms with Gasteiger partial charge < -0.3 is 14.6 Å². The molecule has 0 saturated carbocycles. The first-order valence-electron chi connectivity index (χ1n) is 12.9. The number of methoxy groups -OCH3 is 1. The molecule has 1 fully saturated rings. The second kappa shape index (κ2) is 10.5. The topological polar surface area (TPSA) is 107 Å². The van der Waals surface area contributed by atoms with Crippen molar-refractivity contribution in [2.45, 2.75) is 30.1 Å². The molecule has 218 valence electrons. The minimum absolute atomic E-state index is 0.0335. The summed E-state index contributed by atoms with van der Waals surface area (Å²) in [6.45, 7) is -1.69. The highest BCUT2D eigenvalue weighted by molar-refractivity contribution is 7.93. The molecule has 3 heterocycles. The minimum atomic E-state index is -4.79. The molecule has 1 saturated heterocycles. The van der Waals surface area contributed by atoms with Gasteiger partial charge in [-0.15, -0.1) is 0 Å². The van der Waals surface area contributed by atoms with Gasteiger partial charge in [-0.1, -0.05) is 24.3 Å². The van der Waals surface area contributed by atoms with Gasteiger partial charge in [0.05, 0.1) is 24.6 Å². The Balaban J connectivity index is 1.43. The van der Waals surface area contributed by atoms with Crippen molar-refractivity contribution in [3.63, 3.8) is 0 Å². The van der Waals surface area contributed by atoms with Crippen LogP contribution < -0.4 is 9.04 Å². The van der Waals surface area contributed by atoms with E-state index in [1.807, 2.05) is 0 Å². The van der Waals surface area contributed by atoms with Crippen molar-refractivity contribution in [3.8, 4) is 17.2 Å². The number of benzene rings is 3. The summed E-state index contributed by atoms with van der Waals surface area (Å²) >= 11 is 0. The predicted molar refractivity (Wildman–Crippen MR) is 149 cm³/mol. The average Bonchev–Trinajstić information content (AvgIpc) is 3.74. The van der Waals surface area contributed by atoms with Crippen LogP contribution in [0.3, 0.4) is 0 Å². The van der Waals surface area contributed by atoms with E-state index in [1.165, 1.54) is 56.2 Å². The Labute approximate surface area is 239 Å². The molecule has 0 radical (unpaired) electrons. The number of nitrogens with zero attached hydrogens (tertiary/aromatic N) is 4. The van der Waals surface area contributed by atoms with Gasteiger partial charge >= 0.3 is 6.18 Å². The first-order chi connectivity index (χ1) is 20.0. The normalized spacial score (nSPS) is 20.2. The van der Waals surface area contributed by atoms with Gasteiger partial charge in [0, 0.05) is 0 Å². The van der Waals surface area contributed by atoms with Crippen molar-refractivity contribution in [2.75, 3.05) is 18.0 Å². The summed E-state index contributed by atoms with van der Waals surface area (Å²) in [4.78, 5) is 3.95. The lowest BCUT2D eigenvalue weighted by Crippen LogP contribution is -2.47. The first kappa shape index (κ1) is 27.8. The molecule has 0 aliphatic carbocycles. The van der Waals surface area contributed by atoms with Crippen LogP contribution in [-0.2, 0) is 14.8 Å². The van der Waals surface area contributed by atoms with Gasteiger partial charge in [-0.2, -0.15) is 18.3 Å². The number of rotatable bonds is 8. The highest BCUT2D eigenvalue weighted by Gasteiger charge is 2.55. The van der Waals surface area contributed by atoms with Crippen molar-refractivity contribution in [1.29, 1.82) is 0 Å². The molecule has 6 rings (SSSR count). The Bertz CT molecular complexity index is 1710. The van der Waals surface area contributed by atoms with E-state index in [2.05, 4.69) is 10.1 Å². The molecule has 1 aromatic heterocycles. The number of ether oxygens (including phenoxy) is 2. The zero-order valence-electron chi connectivity index (χ0n) is 22.1. The molecule has 1 N–H and O–H groups in total. The van der Waals surface area contributed by atoms with Gasteiger partial charge in [0.25, 0.3) is 0 Å². The summed E-state index contributed by atoms with van der Waals surface area (Å²) in [5.74, 6) is 0.439. The Kier molecular flexibility index (Phi) is 6.93. The van der Waals surface area contributed by atoms with E-state index in [9.17, 15) is 26.7 Å². The molecule has 13 heteroatoms. The zero-order valence-corrected chi connectivity index (χ0v) is 23.0. The SMILES string of the molecule is COc1ccc(N(CC(F)(F)F)S(=O)(=O)C2CC3OC2C(c2ccc(-n4cncn4)cc2)=C3c2ccc(O)cc2)cc1. The summed E-state index contributed by atoms with van der Waals surface area (Å²) in [6, 6.07) is 19.0. The van der Waals surface area contributed by atoms with Gasteiger partial charge in [-0.3, -0.25) is 4.31 Å². The third kappa shape index (κ3) is 5.09. The van der Waals surface area contributed by atoms with Crippen LogP contribution in [0.4, 0.5) is 18.9 Å². The Morgan fingerprint density at radius 1 is 1.00 bits per heavy atom. The number of alkyl halides is 3. The van der Waals surface area contributed by atoms with Gasteiger partial charge in [0.15, 0.2) is 0 Å². The van der Waals surface area contributed by atoms with E-state index < -0.39 is 40.2 Å². The van der Waals surface area contributed by atoms with E-state index in [0.717, 1.165) is 5.57 Å². The largest absolute Gasteiger partial charge is 0.508 e. The van der Waals surface area contributed by atoms with Crippen LogP contribution in [0.25, 0.3) is 16.8 Å². The second-order valence-electron chi connectivity index (χ2n) is 9.95. The van der Waals surface area contributed by atoms with Crippen LogP contribution in [0.5, 0.6) is 11.5 Å². The number of halogens is 3. The van der Waals surface area contributed by atoms with Crippen molar-refractivity contribution < 1.29 is 36.2 Å². The third-order valence-corrected chi connectivity index (χ3v) is 9.56. The summed E-state index contributed by atoms with van der Waals surface area (Å²) in [5.41, 5.74) is 3.25. The number of phenolic OH excluding ortho intramolecular Hbond substituents is 1.